The van der Waals surface area contributed by atoms with Crippen LogP contribution in [0, 0.1) is 11.7 Å². The number of benzene rings is 1. The highest BCUT2D eigenvalue weighted by Gasteiger charge is 2.29. The van der Waals surface area contributed by atoms with Gasteiger partial charge < -0.3 is 14.4 Å². The maximum Gasteiger partial charge on any atom is 0.260 e. The number of carbonyl (C=O) groups excluding carboxylic acids is 1. The van der Waals surface area contributed by atoms with Gasteiger partial charge in [-0.3, -0.25) is 4.79 Å². The van der Waals surface area contributed by atoms with E-state index in [0.29, 0.717) is 13.1 Å². The minimum absolute atomic E-state index is 0.115. The predicted octanol–water partition coefficient (Wildman–Crippen LogP) is 2.23. The lowest BCUT2D eigenvalue weighted by atomic mass is 10.3. The maximum atomic E-state index is 13.4. The second-order valence-electron chi connectivity index (χ2n) is 5.75. The number of rotatable bonds is 6. The van der Waals surface area contributed by atoms with Crippen LogP contribution in [0.25, 0.3) is 0 Å². The van der Waals surface area contributed by atoms with Crippen LogP contribution in [0.1, 0.15) is 19.3 Å². The van der Waals surface area contributed by atoms with Crippen molar-refractivity contribution in [1.29, 1.82) is 0 Å². The maximum absolute atomic E-state index is 13.4. The van der Waals surface area contributed by atoms with Gasteiger partial charge in [-0.15, -0.1) is 0 Å². The topological polar surface area (TPSA) is 38.8 Å². The van der Waals surface area contributed by atoms with E-state index in [1.807, 2.05) is 0 Å². The van der Waals surface area contributed by atoms with E-state index in [2.05, 4.69) is 0 Å². The summed E-state index contributed by atoms with van der Waals surface area (Å²) in [5, 5.41) is 0. The molecule has 2 fully saturated rings. The molecule has 5 heteroatoms. The van der Waals surface area contributed by atoms with Crippen molar-refractivity contribution in [2.45, 2.75) is 25.4 Å². The van der Waals surface area contributed by atoms with Gasteiger partial charge in [0, 0.05) is 19.7 Å². The summed E-state index contributed by atoms with van der Waals surface area (Å²) in [5.74, 6) is 0.291. The minimum atomic E-state index is -0.447. The first-order valence-corrected chi connectivity index (χ1v) is 7.49. The molecule has 1 aliphatic carbocycles. The molecule has 4 nitrogen and oxygen atoms in total. The number of halogens is 1. The second kappa shape index (κ2) is 6.43. The molecule has 1 aromatic rings. The largest absolute Gasteiger partial charge is 0.481 e. The molecule has 0 radical (unpaired) electrons. The Kier molecular flexibility index (Phi) is 4.39. The first kappa shape index (κ1) is 14.3. The fourth-order valence-corrected chi connectivity index (χ4v) is 2.44. The standard InChI is InChI=1S/C16H20FNO3/c17-14-3-1-2-4-15(14)21-11-16(19)18-8-7-13(9-18)20-10-12-5-6-12/h1-4,12-13H,5-11H2. The highest BCUT2D eigenvalue weighted by atomic mass is 19.1. The molecule has 1 unspecified atom stereocenters. The molecule has 21 heavy (non-hydrogen) atoms. The van der Waals surface area contributed by atoms with Crippen LogP contribution in [0.5, 0.6) is 5.75 Å². The number of hydrogen-bond acceptors (Lipinski definition) is 3. The summed E-state index contributed by atoms with van der Waals surface area (Å²) in [6.07, 6.45) is 3.55. The van der Waals surface area contributed by atoms with Gasteiger partial charge in [-0.2, -0.15) is 0 Å². The summed E-state index contributed by atoms with van der Waals surface area (Å²) in [6, 6.07) is 6.11. The number of para-hydroxylation sites is 1. The van der Waals surface area contributed by atoms with E-state index in [1.165, 1.54) is 25.0 Å². The molecule has 114 valence electrons. The van der Waals surface area contributed by atoms with Crippen molar-refractivity contribution in [3.8, 4) is 5.75 Å². The predicted molar refractivity (Wildman–Crippen MR) is 75.6 cm³/mol. The van der Waals surface area contributed by atoms with Gasteiger partial charge in [0.1, 0.15) is 0 Å². The Bertz CT molecular complexity index is 504. The van der Waals surface area contributed by atoms with E-state index in [9.17, 15) is 9.18 Å². The zero-order valence-corrected chi connectivity index (χ0v) is 12.0. The molecule has 1 aliphatic heterocycles. The third-order valence-corrected chi connectivity index (χ3v) is 3.95. The lowest BCUT2D eigenvalue weighted by Gasteiger charge is -2.17. The van der Waals surface area contributed by atoms with Gasteiger partial charge in [-0.25, -0.2) is 4.39 Å². The number of carbonyl (C=O) groups is 1. The Labute approximate surface area is 123 Å². The molecule has 0 N–H and O–H groups in total. The van der Waals surface area contributed by atoms with Crippen molar-refractivity contribution < 1.29 is 18.7 Å². The van der Waals surface area contributed by atoms with Crippen molar-refractivity contribution in [3.05, 3.63) is 30.1 Å². The number of amides is 1. The third kappa shape index (κ3) is 3.94. The smallest absolute Gasteiger partial charge is 0.260 e. The fourth-order valence-electron chi connectivity index (χ4n) is 2.44. The third-order valence-electron chi connectivity index (χ3n) is 3.95. The number of hydrogen-bond donors (Lipinski definition) is 0. The van der Waals surface area contributed by atoms with Crippen LogP contribution in [0.2, 0.25) is 0 Å². The van der Waals surface area contributed by atoms with Gasteiger partial charge in [0.15, 0.2) is 18.2 Å². The van der Waals surface area contributed by atoms with Crippen molar-refractivity contribution in [2.75, 3.05) is 26.3 Å². The van der Waals surface area contributed by atoms with Crippen molar-refractivity contribution >= 4 is 5.91 Å². The summed E-state index contributed by atoms with van der Waals surface area (Å²) in [6.45, 7) is 2.00. The van der Waals surface area contributed by atoms with E-state index in [-0.39, 0.29) is 24.4 Å². The van der Waals surface area contributed by atoms with Crippen molar-refractivity contribution in [3.63, 3.8) is 0 Å². The van der Waals surface area contributed by atoms with Crippen LogP contribution in [-0.4, -0.2) is 43.2 Å². The van der Waals surface area contributed by atoms with Crippen LogP contribution >= 0.6 is 0 Å². The summed E-state index contributed by atoms with van der Waals surface area (Å²) in [5.41, 5.74) is 0. The van der Waals surface area contributed by atoms with Crippen LogP contribution < -0.4 is 4.74 Å². The molecule has 1 heterocycles. The molecule has 1 aromatic carbocycles. The monoisotopic (exact) mass is 293 g/mol. The quantitative estimate of drug-likeness (QED) is 0.807. The van der Waals surface area contributed by atoms with E-state index in [1.54, 1.807) is 17.0 Å². The SMILES string of the molecule is O=C(COc1ccccc1F)N1CCC(OCC2CC2)C1. The van der Waals surface area contributed by atoms with Gasteiger partial charge >= 0.3 is 0 Å². The Morgan fingerprint density at radius 1 is 1.29 bits per heavy atom. The Morgan fingerprint density at radius 3 is 2.86 bits per heavy atom. The van der Waals surface area contributed by atoms with Crippen molar-refractivity contribution in [2.24, 2.45) is 5.92 Å². The Morgan fingerprint density at radius 2 is 2.10 bits per heavy atom. The molecule has 3 rings (SSSR count). The minimum Gasteiger partial charge on any atom is -0.481 e. The van der Waals surface area contributed by atoms with E-state index >= 15 is 0 Å². The van der Waals surface area contributed by atoms with Gasteiger partial charge in [0.2, 0.25) is 0 Å². The van der Waals surface area contributed by atoms with Gasteiger partial charge in [-0.05, 0) is 37.3 Å². The van der Waals surface area contributed by atoms with Crippen LogP contribution in [0.3, 0.4) is 0 Å². The lowest BCUT2D eigenvalue weighted by molar-refractivity contribution is -0.132. The molecule has 0 bridgehead atoms. The first-order valence-electron chi connectivity index (χ1n) is 7.49. The average Bonchev–Trinajstić information content (AvgIpc) is 3.20. The molecule has 1 saturated carbocycles. The molecule has 2 aliphatic rings. The average molecular weight is 293 g/mol. The van der Waals surface area contributed by atoms with E-state index in [0.717, 1.165) is 18.9 Å². The first-order chi connectivity index (χ1) is 10.2. The molecule has 1 amide bonds. The van der Waals surface area contributed by atoms with Crippen molar-refractivity contribution in [1.82, 2.24) is 4.90 Å². The Balaban J connectivity index is 1.42. The van der Waals surface area contributed by atoms with E-state index in [4.69, 9.17) is 9.47 Å². The molecule has 1 atom stereocenters. The molecular weight excluding hydrogens is 273 g/mol. The van der Waals surface area contributed by atoms with Gasteiger partial charge in [0.25, 0.3) is 5.91 Å². The Hall–Kier alpha value is -1.62. The number of likely N-dealkylation sites (tertiary alicyclic amines) is 1. The normalized spacial score (nSPS) is 21.6. The van der Waals surface area contributed by atoms with Crippen LogP contribution in [0.15, 0.2) is 24.3 Å². The zero-order valence-electron chi connectivity index (χ0n) is 12.0. The van der Waals surface area contributed by atoms with Gasteiger partial charge in [0.05, 0.1) is 6.10 Å². The summed E-state index contributed by atoms with van der Waals surface area (Å²) in [4.78, 5) is 13.8. The second-order valence-corrected chi connectivity index (χ2v) is 5.75. The molecular formula is C16H20FNO3. The fraction of sp³-hybridized carbons (Fsp3) is 0.562. The van der Waals surface area contributed by atoms with Crippen LogP contribution in [-0.2, 0) is 9.53 Å². The molecule has 0 spiro atoms. The lowest BCUT2D eigenvalue weighted by Crippen LogP contribution is -2.34. The van der Waals surface area contributed by atoms with Gasteiger partial charge in [-0.1, -0.05) is 12.1 Å². The zero-order chi connectivity index (χ0) is 14.7. The summed E-state index contributed by atoms with van der Waals surface area (Å²) in [7, 11) is 0. The van der Waals surface area contributed by atoms with Crippen LogP contribution in [0.4, 0.5) is 4.39 Å². The highest BCUT2D eigenvalue weighted by molar-refractivity contribution is 5.78. The highest BCUT2D eigenvalue weighted by Crippen LogP contribution is 2.30. The molecule has 0 aromatic heterocycles. The number of nitrogens with zero attached hydrogens (tertiary/aromatic N) is 1. The van der Waals surface area contributed by atoms with E-state index < -0.39 is 5.82 Å². The summed E-state index contributed by atoms with van der Waals surface area (Å²) < 4.78 is 24.4. The molecule has 1 saturated heterocycles. The summed E-state index contributed by atoms with van der Waals surface area (Å²) >= 11 is 0. The number of ether oxygens (including phenoxy) is 2.